The first kappa shape index (κ1) is 19.5. The molecule has 3 aromatic rings. The van der Waals surface area contributed by atoms with E-state index < -0.39 is 11.7 Å². The summed E-state index contributed by atoms with van der Waals surface area (Å²) in [5.41, 5.74) is 0.573. The zero-order valence-electron chi connectivity index (χ0n) is 15.3. The molecule has 2 N–H and O–H groups in total. The van der Waals surface area contributed by atoms with Gasteiger partial charge in [-0.25, -0.2) is 4.98 Å². The van der Waals surface area contributed by atoms with Gasteiger partial charge in [-0.2, -0.15) is 18.2 Å². The van der Waals surface area contributed by atoms with Crippen molar-refractivity contribution >= 4 is 23.1 Å². The number of hydrogen-bond donors (Lipinski definition) is 2. The zero-order chi connectivity index (χ0) is 20.1. The van der Waals surface area contributed by atoms with Crippen LogP contribution in [0.3, 0.4) is 0 Å². The molecule has 28 heavy (non-hydrogen) atoms. The van der Waals surface area contributed by atoms with E-state index in [4.69, 9.17) is 4.74 Å². The molecule has 0 aliphatic carbocycles. The molecule has 8 heteroatoms. The molecule has 146 valence electrons. The molecule has 0 aliphatic heterocycles. The number of rotatable bonds is 6. The van der Waals surface area contributed by atoms with Gasteiger partial charge in [-0.1, -0.05) is 0 Å². The van der Waals surface area contributed by atoms with Crippen molar-refractivity contribution in [2.24, 2.45) is 0 Å². The van der Waals surface area contributed by atoms with Crippen LogP contribution in [-0.2, 0) is 6.18 Å². The van der Waals surface area contributed by atoms with Gasteiger partial charge in [0.25, 0.3) is 0 Å². The van der Waals surface area contributed by atoms with Crippen LogP contribution < -0.4 is 15.4 Å². The van der Waals surface area contributed by atoms with Crippen LogP contribution in [0.4, 0.5) is 36.3 Å². The summed E-state index contributed by atoms with van der Waals surface area (Å²) in [4.78, 5) is 8.47. The summed E-state index contributed by atoms with van der Waals surface area (Å²) in [7, 11) is 0. The van der Waals surface area contributed by atoms with E-state index in [1.807, 2.05) is 38.1 Å². The summed E-state index contributed by atoms with van der Waals surface area (Å²) in [6.07, 6.45) is -2.71. The van der Waals surface area contributed by atoms with E-state index in [0.29, 0.717) is 17.5 Å². The van der Waals surface area contributed by atoms with Gasteiger partial charge in [-0.15, -0.1) is 0 Å². The fourth-order valence-corrected chi connectivity index (χ4v) is 2.40. The fraction of sp³-hybridized carbons (Fsp3) is 0.200. The van der Waals surface area contributed by atoms with Crippen LogP contribution in [0.5, 0.6) is 5.75 Å². The maximum absolute atomic E-state index is 12.6. The maximum Gasteiger partial charge on any atom is 0.416 e. The van der Waals surface area contributed by atoms with Gasteiger partial charge in [0.05, 0.1) is 11.7 Å². The molecule has 0 bridgehead atoms. The van der Waals surface area contributed by atoms with Gasteiger partial charge < -0.3 is 15.4 Å². The van der Waals surface area contributed by atoms with Crippen LogP contribution in [0.1, 0.15) is 19.4 Å². The van der Waals surface area contributed by atoms with Crippen LogP contribution >= 0.6 is 0 Å². The average Bonchev–Trinajstić information content (AvgIpc) is 2.63. The Morgan fingerprint density at radius 1 is 0.857 bits per heavy atom. The minimum Gasteiger partial charge on any atom is -0.491 e. The number of halogens is 3. The second kappa shape index (κ2) is 8.16. The third-order valence-electron chi connectivity index (χ3n) is 3.62. The SMILES string of the molecule is CC(C)Oc1ccc(Nc2nccc(Nc3ccc(C(F)(F)F)cc3)n2)cc1. The van der Waals surface area contributed by atoms with Crippen LogP contribution in [0.25, 0.3) is 0 Å². The Kier molecular flexibility index (Phi) is 5.67. The van der Waals surface area contributed by atoms with Crippen LogP contribution in [0.15, 0.2) is 60.8 Å². The molecule has 0 amide bonds. The Labute approximate surface area is 160 Å². The topological polar surface area (TPSA) is 59.1 Å². The van der Waals surface area contributed by atoms with E-state index in [-0.39, 0.29) is 6.10 Å². The smallest absolute Gasteiger partial charge is 0.416 e. The van der Waals surface area contributed by atoms with Gasteiger partial charge in [-0.05, 0) is 68.4 Å². The largest absolute Gasteiger partial charge is 0.491 e. The number of hydrogen-bond acceptors (Lipinski definition) is 5. The number of benzene rings is 2. The Balaban J connectivity index is 1.67. The first-order valence-corrected chi connectivity index (χ1v) is 8.61. The third-order valence-corrected chi connectivity index (χ3v) is 3.62. The van der Waals surface area contributed by atoms with Crippen molar-refractivity contribution in [3.63, 3.8) is 0 Å². The van der Waals surface area contributed by atoms with E-state index in [0.717, 1.165) is 23.6 Å². The number of nitrogens with one attached hydrogen (secondary N) is 2. The summed E-state index contributed by atoms with van der Waals surface area (Å²) in [5, 5.41) is 6.03. The van der Waals surface area contributed by atoms with Crippen molar-refractivity contribution in [1.29, 1.82) is 0 Å². The first-order chi connectivity index (χ1) is 13.3. The van der Waals surface area contributed by atoms with Crippen molar-refractivity contribution in [2.45, 2.75) is 26.1 Å². The number of anilines is 4. The highest BCUT2D eigenvalue weighted by atomic mass is 19.4. The Morgan fingerprint density at radius 3 is 2.07 bits per heavy atom. The number of alkyl halides is 3. The number of ether oxygens (including phenoxy) is 1. The highest BCUT2D eigenvalue weighted by Crippen LogP contribution is 2.30. The normalized spacial score (nSPS) is 11.4. The predicted octanol–water partition coefficient (Wildman–Crippen LogP) is 5.77. The van der Waals surface area contributed by atoms with Gasteiger partial charge in [-0.3, -0.25) is 0 Å². The first-order valence-electron chi connectivity index (χ1n) is 8.61. The second-order valence-electron chi connectivity index (χ2n) is 6.28. The number of nitrogens with zero attached hydrogens (tertiary/aromatic N) is 2. The van der Waals surface area contributed by atoms with Crippen LogP contribution in [-0.4, -0.2) is 16.1 Å². The lowest BCUT2D eigenvalue weighted by Gasteiger charge is -2.11. The molecular formula is C20H19F3N4O. The quantitative estimate of drug-likeness (QED) is 0.561. The minimum atomic E-state index is -4.36. The molecule has 0 aliphatic rings. The van der Waals surface area contributed by atoms with Gasteiger partial charge in [0.1, 0.15) is 11.6 Å². The molecule has 2 aromatic carbocycles. The molecule has 3 rings (SSSR count). The molecule has 0 saturated heterocycles. The van der Waals surface area contributed by atoms with Crippen molar-refractivity contribution < 1.29 is 17.9 Å². The van der Waals surface area contributed by atoms with Crippen molar-refractivity contribution in [3.8, 4) is 5.75 Å². The monoisotopic (exact) mass is 388 g/mol. The molecule has 5 nitrogen and oxygen atoms in total. The van der Waals surface area contributed by atoms with Crippen molar-refractivity contribution in [2.75, 3.05) is 10.6 Å². The maximum atomic E-state index is 12.6. The molecule has 1 heterocycles. The molecule has 0 spiro atoms. The molecule has 0 atom stereocenters. The molecule has 0 fully saturated rings. The molecule has 1 aromatic heterocycles. The summed E-state index contributed by atoms with van der Waals surface area (Å²) in [6.45, 7) is 3.91. The minimum absolute atomic E-state index is 0.0927. The second-order valence-corrected chi connectivity index (χ2v) is 6.28. The van der Waals surface area contributed by atoms with Crippen molar-refractivity contribution in [1.82, 2.24) is 9.97 Å². The van der Waals surface area contributed by atoms with Gasteiger partial charge >= 0.3 is 6.18 Å². The van der Waals surface area contributed by atoms with E-state index in [2.05, 4.69) is 20.6 Å². The summed E-state index contributed by atoms with van der Waals surface area (Å²) in [6, 6.07) is 13.7. The average molecular weight is 388 g/mol. The van der Waals surface area contributed by atoms with E-state index in [1.54, 1.807) is 12.3 Å². The van der Waals surface area contributed by atoms with E-state index in [1.165, 1.54) is 12.1 Å². The lowest BCUT2D eigenvalue weighted by atomic mass is 10.2. The highest BCUT2D eigenvalue weighted by molar-refractivity contribution is 5.60. The Hall–Kier alpha value is -3.29. The molecular weight excluding hydrogens is 369 g/mol. The van der Waals surface area contributed by atoms with Crippen molar-refractivity contribution in [3.05, 3.63) is 66.4 Å². The van der Waals surface area contributed by atoms with Crippen LogP contribution in [0.2, 0.25) is 0 Å². The molecule has 0 unspecified atom stereocenters. The Bertz CT molecular complexity index is 910. The summed E-state index contributed by atoms with van der Waals surface area (Å²) >= 11 is 0. The van der Waals surface area contributed by atoms with Gasteiger partial charge in [0.2, 0.25) is 5.95 Å². The predicted molar refractivity (Wildman–Crippen MR) is 102 cm³/mol. The standard InChI is InChI=1S/C20H19F3N4O/c1-13(2)28-17-9-7-16(8-10-17)26-19-24-12-11-18(27-19)25-15-5-3-14(4-6-15)20(21,22)23/h3-13H,1-2H3,(H2,24,25,26,27). The summed E-state index contributed by atoms with van der Waals surface area (Å²) in [5.74, 6) is 1.57. The molecule has 0 saturated carbocycles. The fourth-order valence-electron chi connectivity index (χ4n) is 2.40. The van der Waals surface area contributed by atoms with E-state index in [9.17, 15) is 13.2 Å². The third kappa shape index (κ3) is 5.35. The highest BCUT2D eigenvalue weighted by Gasteiger charge is 2.29. The van der Waals surface area contributed by atoms with Crippen LogP contribution in [0, 0.1) is 0 Å². The lowest BCUT2D eigenvalue weighted by molar-refractivity contribution is -0.137. The van der Waals surface area contributed by atoms with E-state index >= 15 is 0 Å². The summed E-state index contributed by atoms with van der Waals surface area (Å²) < 4.78 is 43.5. The van der Waals surface area contributed by atoms with Gasteiger partial charge in [0, 0.05) is 17.6 Å². The Morgan fingerprint density at radius 2 is 1.46 bits per heavy atom. The number of aromatic nitrogens is 2. The molecule has 0 radical (unpaired) electrons. The zero-order valence-corrected chi connectivity index (χ0v) is 15.3. The van der Waals surface area contributed by atoms with Gasteiger partial charge in [0.15, 0.2) is 0 Å². The lowest BCUT2D eigenvalue weighted by Crippen LogP contribution is -2.05.